The minimum absolute atomic E-state index is 0.0222. The van der Waals surface area contributed by atoms with Gasteiger partial charge in [0, 0.05) is 16.1 Å². The molecule has 0 saturated heterocycles. The van der Waals surface area contributed by atoms with Crippen molar-refractivity contribution >= 4 is 40.1 Å². The molecule has 0 bridgehead atoms. The summed E-state index contributed by atoms with van der Waals surface area (Å²) in [4.78, 5) is 24.6. The number of anilines is 1. The fourth-order valence-electron chi connectivity index (χ4n) is 2.62. The van der Waals surface area contributed by atoms with Crippen molar-refractivity contribution in [3.63, 3.8) is 0 Å². The van der Waals surface area contributed by atoms with E-state index in [9.17, 15) is 9.59 Å². The molecule has 2 aromatic carbocycles. The van der Waals surface area contributed by atoms with Gasteiger partial charge in [-0.1, -0.05) is 29.8 Å². The van der Waals surface area contributed by atoms with E-state index >= 15 is 0 Å². The number of nitrogens with one attached hydrogen (secondary N) is 1. The molecule has 1 atom stereocenters. The Morgan fingerprint density at radius 1 is 1.12 bits per heavy atom. The van der Waals surface area contributed by atoms with Crippen LogP contribution in [0.4, 0.5) is 5.69 Å². The number of carbonyl (C=O) groups excluding carboxylic acids is 2. The zero-order chi connectivity index (χ0) is 18.8. The number of hydrogen-bond acceptors (Lipinski definition) is 4. The maximum absolute atomic E-state index is 12.4. The lowest BCUT2D eigenvalue weighted by molar-refractivity contribution is -0.123. The number of furan rings is 1. The van der Waals surface area contributed by atoms with Crippen molar-refractivity contribution in [2.75, 3.05) is 5.32 Å². The third kappa shape index (κ3) is 3.73. The molecule has 134 valence electrons. The molecule has 0 aliphatic carbocycles. The van der Waals surface area contributed by atoms with Gasteiger partial charge in [-0.2, -0.15) is 0 Å². The van der Waals surface area contributed by atoms with Gasteiger partial charge in [0.25, 0.3) is 5.91 Å². The molecule has 0 radical (unpaired) electrons. The van der Waals surface area contributed by atoms with Crippen LogP contribution in [-0.2, 0) is 9.53 Å². The van der Waals surface area contributed by atoms with E-state index < -0.39 is 18.0 Å². The normalized spacial score (nSPS) is 12.0. The number of esters is 1. The maximum atomic E-state index is 12.4. The highest BCUT2D eigenvalue weighted by Crippen LogP contribution is 2.24. The van der Waals surface area contributed by atoms with Crippen LogP contribution < -0.4 is 5.32 Å². The van der Waals surface area contributed by atoms with E-state index in [1.807, 2.05) is 32.0 Å². The second kappa shape index (κ2) is 7.22. The zero-order valence-electron chi connectivity index (χ0n) is 14.6. The molecule has 26 heavy (non-hydrogen) atoms. The topological polar surface area (TPSA) is 68.5 Å². The highest BCUT2D eigenvalue weighted by molar-refractivity contribution is 6.31. The molecule has 0 saturated carbocycles. The molecule has 3 aromatic rings. The lowest BCUT2D eigenvalue weighted by Crippen LogP contribution is -2.30. The Kier molecular flexibility index (Phi) is 5.00. The summed E-state index contributed by atoms with van der Waals surface area (Å²) in [7, 11) is 0. The Bertz CT molecular complexity index is 972. The molecule has 0 unspecified atom stereocenters. The summed E-state index contributed by atoms with van der Waals surface area (Å²) in [6.45, 7) is 5.32. The molecular formula is C20H18ClNO4. The molecule has 0 aliphatic rings. The van der Waals surface area contributed by atoms with Gasteiger partial charge in [0.2, 0.25) is 5.76 Å². The molecule has 1 aromatic heterocycles. The van der Waals surface area contributed by atoms with Crippen LogP contribution in [0.2, 0.25) is 5.02 Å². The molecule has 5 nitrogen and oxygen atoms in total. The minimum atomic E-state index is -0.974. The van der Waals surface area contributed by atoms with Gasteiger partial charge in [-0.05, 0) is 56.2 Å². The first-order chi connectivity index (χ1) is 12.3. The highest BCUT2D eigenvalue weighted by atomic mass is 35.5. The quantitative estimate of drug-likeness (QED) is 0.663. The Labute approximate surface area is 155 Å². The van der Waals surface area contributed by atoms with Gasteiger partial charge in [-0.15, -0.1) is 0 Å². The van der Waals surface area contributed by atoms with Crippen LogP contribution in [0.15, 0.2) is 46.9 Å². The average molecular weight is 372 g/mol. The predicted molar refractivity (Wildman–Crippen MR) is 101 cm³/mol. The van der Waals surface area contributed by atoms with E-state index in [4.69, 9.17) is 20.8 Å². The van der Waals surface area contributed by atoms with E-state index in [0.29, 0.717) is 16.0 Å². The van der Waals surface area contributed by atoms with Crippen molar-refractivity contribution in [1.29, 1.82) is 0 Å². The van der Waals surface area contributed by atoms with Crippen LogP contribution in [0.5, 0.6) is 0 Å². The van der Waals surface area contributed by atoms with E-state index in [-0.39, 0.29) is 5.76 Å². The largest absolute Gasteiger partial charge is 0.449 e. The Hall–Kier alpha value is -2.79. The third-order valence-corrected chi connectivity index (χ3v) is 4.30. The van der Waals surface area contributed by atoms with Crippen molar-refractivity contribution < 1.29 is 18.7 Å². The SMILES string of the molecule is Cc1cccc(C)c1NC(=O)[C@H](C)OC(=O)c1cc2cc(Cl)ccc2o1. The fraction of sp³-hybridized carbons (Fsp3) is 0.200. The molecule has 0 fully saturated rings. The number of halogens is 1. The van der Waals surface area contributed by atoms with Crippen molar-refractivity contribution in [3.8, 4) is 0 Å². The maximum Gasteiger partial charge on any atom is 0.375 e. The first-order valence-corrected chi connectivity index (χ1v) is 8.50. The van der Waals surface area contributed by atoms with Gasteiger partial charge >= 0.3 is 5.97 Å². The van der Waals surface area contributed by atoms with Gasteiger partial charge in [-0.3, -0.25) is 4.79 Å². The number of rotatable bonds is 4. The lowest BCUT2D eigenvalue weighted by Gasteiger charge is -2.15. The first-order valence-electron chi connectivity index (χ1n) is 8.12. The van der Waals surface area contributed by atoms with E-state index in [2.05, 4.69) is 5.32 Å². The van der Waals surface area contributed by atoms with Gasteiger partial charge < -0.3 is 14.5 Å². The van der Waals surface area contributed by atoms with Gasteiger partial charge in [0.05, 0.1) is 0 Å². The predicted octanol–water partition coefficient (Wildman–Crippen LogP) is 4.89. The van der Waals surface area contributed by atoms with Gasteiger partial charge in [0.15, 0.2) is 6.10 Å². The summed E-state index contributed by atoms with van der Waals surface area (Å²) in [5, 5.41) is 4.04. The molecule has 1 N–H and O–H groups in total. The number of aryl methyl sites for hydroxylation is 2. The third-order valence-electron chi connectivity index (χ3n) is 4.06. The number of para-hydroxylation sites is 1. The fourth-order valence-corrected chi connectivity index (χ4v) is 2.80. The average Bonchev–Trinajstić information content (AvgIpc) is 3.01. The van der Waals surface area contributed by atoms with Crippen molar-refractivity contribution in [1.82, 2.24) is 0 Å². The van der Waals surface area contributed by atoms with Crippen molar-refractivity contribution in [3.05, 3.63) is 64.4 Å². The Balaban J connectivity index is 1.70. The number of amides is 1. The second-order valence-electron chi connectivity index (χ2n) is 6.10. The molecular weight excluding hydrogens is 354 g/mol. The minimum Gasteiger partial charge on any atom is -0.449 e. The van der Waals surface area contributed by atoms with E-state index in [0.717, 1.165) is 16.8 Å². The van der Waals surface area contributed by atoms with Gasteiger partial charge in [-0.25, -0.2) is 4.79 Å². The van der Waals surface area contributed by atoms with Crippen LogP contribution in [0.3, 0.4) is 0 Å². The Morgan fingerprint density at radius 2 is 1.81 bits per heavy atom. The molecule has 3 rings (SSSR count). The monoisotopic (exact) mass is 371 g/mol. The molecule has 0 spiro atoms. The summed E-state index contributed by atoms with van der Waals surface area (Å²) >= 11 is 5.93. The summed E-state index contributed by atoms with van der Waals surface area (Å²) in [5.41, 5.74) is 3.12. The van der Waals surface area contributed by atoms with Crippen molar-refractivity contribution in [2.45, 2.75) is 26.9 Å². The van der Waals surface area contributed by atoms with Gasteiger partial charge in [0.1, 0.15) is 5.58 Å². The number of ether oxygens (including phenoxy) is 1. The van der Waals surface area contributed by atoms with Crippen LogP contribution in [0.25, 0.3) is 11.0 Å². The highest BCUT2D eigenvalue weighted by Gasteiger charge is 2.22. The molecule has 1 heterocycles. The molecule has 6 heteroatoms. The number of fused-ring (bicyclic) bond motifs is 1. The van der Waals surface area contributed by atoms with E-state index in [1.165, 1.54) is 6.92 Å². The summed E-state index contributed by atoms with van der Waals surface area (Å²) < 4.78 is 10.7. The lowest BCUT2D eigenvalue weighted by atomic mass is 10.1. The van der Waals surface area contributed by atoms with E-state index in [1.54, 1.807) is 24.3 Å². The summed E-state index contributed by atoms with van der Waals surface area (Å²) in [6.07, 6.45) is -0.974. The zero-order valence-corrected chi connectivity index (χ0v) is 15.4. The summed E-state index contributed by atoms with van der Waals surface area (Å²) in [6, 6.07) is 12.3. The van der Waals surface area contributed by atoms with Crippen molar-refractivity contribution in [2.24, 2.45) is 0 Å². The molecule has 1 amide bonds. The number of benzene rings is 2. The standard InChI is InChI=1S/C20H18ClNO4/c1-11-5-4-6-12(2)18(11)22-19(23)13(3)25-20(24)17-10-14-9-15(21)7-8-16(14)26-17/h4-10,13H,1-3H3,(H,22,23)/t13-/m0/s1. The number of hydrogen-bond donors (Lipinski definition) is 1. The second-order valence-corrected chi connectivity index (χ2v) is 6.53. The molecule has 0 aliphatic heterocycles. The summed E-state index contributed by atoms with van der Waals surface area (Å²) in [5.74, 6) is -1.09. The van der Waals surface area contributed by atoms with Crippen LogP contribution in [-0.4, -0.2) is 18.0 Å². The van der Waals surface area contributed by atoms with Crippen LogP contribution in [0, 0.1) is 13.8 Å². The van der Waals surface area contributed by atoms with Crippen LogP contribution >= 0.6 is 11.6 Å². The first kappa shape index (κ1) is 18.0. The van der Waals surface area contributed by atoms with Crippen LogP contribution in [0.1, 0.15) is 28.6 Å². The smallest absolute Gasteiger partial charge is 0.375 e. The number of carbonyl (C=O) groups is 2. The Morgan fingerprint density at radius 3 is 2.50 bits per heavy atom.